The summed E-state index contributed by atoms with van der Waals surface area (Å²) in [4.78, 5) is 6.83. The van der Waals surface area contributed by atoms with Crippen LogP contribution in [0.2, 0.25) is 0 Å². The molecule has 3 rings (SSSR count). The maximum atomic E-state index is 5.54. The maximum absolute atomic E-state index is 5.54. The van der Waals surface area contributed by atoms with Crippen LogP contribution in [0.5, 0.6) is 5.75 Å². The lowest BCUT2D eigenvalue weighted by molar-refractivity contribution is 0.0170. The van der Waals surface area contributed by atoms with E-state index < -0.39 is 0 Å². The van der Waals surface area contributed by atoms with E-state index in [1.165, 1.54) is 11.1 Å². The first-order valence-corrected chi connectivity index (χ1v) is 9.70. The highest BCUT2D eigenvalue weighted by Gasteiger charge is 2.23. The number of guanidine groups is 1. The average molecular weight is 386 g/mol. The molecule has 7 heteroatoms. The molecule has 1 fully saturated rings. The van der Waals surface area contributed by atoms with Crippen molar-refractivity contribution in [3.8, 4) is 5.75 Å². The first-order chi connectivity index (χ1) is 13.7. The average Bonchev–Trinajstić information content (AvgIpc) is 3.16. The van der Waals surface area contributed by atoms with E-state index in [0.29, 0.717) is 0 Å². The quantitative estimate of drug-likeness (QED) is 0.562. The smallest absolute Gasteiger partial charge is 0.191 e. The van der Waals surface area contributed by atoms with Gasteiger partial charge in [0.15, 0.2) is 5.96 Å². The van der Waals surface area contributed by atoms with Gasteiger partial charge in [-0.15, -0.1) is 0 Å². The molecule has 2 aromatic rings. The van der Waals surface area contributed by atoms with Crippen LogP contribution >= 0.6 is 0 Å². The second kappa shape index (κ2) is 10.1. The fourth-order valence-corrected chi connectivity index (χ4v) is 3.44. The number of rotatable bonds is 7. The number of nitrogens with zero attached hydrogens (tertiary/aromatic N) is 3. The monoisotopic (exact) mass is 385 g/mol. The molecular weight excluding hydrogens is 354 g/mol. The summed E-state index contributed by atoms with van der Waals surface area (Å²) in [6.07, 6.45) is 4.15. The summed E-state index contributed by atoms with van der Waals surface area (Å²) >= 11 is 0. The van der Waals surface area contributed by atoms with Crippen molar-refractivity contribution in [2.75, 3.05) is 47.0 Å². The molecule has 1 atom stereocenters. The Bertz CT molecular complexity index is 750. The third-order valence-electron chi connectivity index (χ3n) is 5.03. The van der Waals surface area contributed by atoms with E-state index in [2.05, 4.69) is 44.9 Å². The van der Waals surface area contributed by atoms with Crippen LogP contribution in [0.3, 0.4) is 0 Å². The van der Waals surface area contributed by atoms with E-state index in [9.17, 15) is 0 Å². The van der Waals surface area contributed by atoms with Crippen molar-refractivity contribution >= 4 is 5.96 Å². The van der Waals surface area contributed by atoms with Crippen molar-refractivity contribution in [2.45, 2.75) is 12.6 Å². The topological polar surface area (TPSA) is 63.0 Å². The number of aromatic nitrogens is 1. The van der Waals surface area contributed by atoms with E-state index in [-0.39, 0.29) is 6.04 Å². The van der Waals surface area contributed by atoms with Crippen LogP contribution in [-0.4, -0.2) is 62.4 Å². The largest absolute Gasteiger partial charge is 0.497 e. The van der Waals surface area contributed by atoms with Crippen molar-refractivity contribution in [1.29, 1.82) is 0 Å². The predicted octanol–water partition coefficient (Wildman–Crippen LogP) is 1.77. The summed E-state index contributed by atoms with van der Waals surface area (Å²) in [7, 11) is 5.52. The molecule has 2 N–H and O–H groups in total. The lowest BCUT2D eigenvalue weighted by atomic mass is 10.0. The number of benzene rings is 1. The molecule has 7 nitrogen and oxygen atoms in total. The number of aryl methyl sites for hydroxylation is 1. The van der Waals surface area contributed by atoms with E-state index >= 15 is 0 Å². The van der Waals surface area contributed by atoms with Crippen molar-refractivity contribution < 1.29 is 9.47 Å². The normalized spacial score (nSPS) is 16.6. The van der Waals surface area contributed by atoms with Crippen LogP contribution in [0.1, 0.15) is 17.2 Å². The molecule has 1 aliphatic rings. The molecule has 1 aromatic heterocycles. The number of hydrogen-bond acceptors (Lipinski definition) is 4. The van der Waals surface area contributed by atoms with Gasteiger partial charge in [0, 0.05) is 52.7 Å². The maximum Gasteiger partial charge on any atom is 0.191 e. The Balaban J connectivity index is 1.63. The standard InChI is InChI=1S/C21H31N5O2/c1-22-21(23-14-17-8-9-25(2)16-17)24-15-20(26-10-12-28-13-11-26)18-4-6-19(27-3)7-5-18/h4-9,16,20H,10-15H2,1-3H3,(H2,22,23,24). The number of nitrogens with one attached hydrogen (secondary N) is 2. The van der Waals surface area contributed by atoms with Gasteiger partial charge >= 0.3 is 0 Å². The molecule has 0 saturated carbocycles. The Morgan fingerprint density at radius 2 is 1.93 bits per heavy atom. The SMILES string of the molecule is CN=C(NCc1ccn(C)c1)NCC(c1ccc(OC)cc1)N1CCOCC1. The third kappa shape index (κ3) is 5.50. The van der Waals surface area contributed by atoms with Gasteiger partial charge in [0.25, 0.3) is 0 Å². The Hall–Kier alpha value is -2.51. The number of methoxy groups -OCH3 is 1. The van der Waals surface area contributed by atoms with Crippen molar-refractivity contribution in [3.63, 3.8) is 0 Å². The molecule has 0 amide bonds. The van der Waals surface area contributed by atoms with Gasteiger partial charge in [0.1, 0.15) is 5.75 Å². The summed E-state index contributed by atoms with van der Waals surface area (Å²) in [5, 5.41) is 6.88. The van der Waals surface area contributed by atoms with E-state index in [1.54, 1.807) is 14.2 Å². The first-order valence-electron chi connectivity index (χ1n) is 9.70. The van der Waals surface area contributed by atoms with Crippen molar-refractivity contribution in [2.24, 2.45) is 12.0 Å². The van der Waals surface area contributed by atoms with E-state index in [1.807, 2.05) is 29.9 Å². The summed E-state index contributed by atoms with van der Waals surface area (Å²) < 4.78 is 12.9. The highest BCUT2D eigenvalue weighted by atomic mass is 16.5. The molecule has 0 radical (unpaired) electrons. The number of hydrogen-bond donors (Lipinski definition) is 2. The number of aliphatic imine (C=N–C) groups is 1. The molecule has 0 aliphatic carbocycles. The van der Waals surface area contributed by atoms with Crippen LogP contribution in [0.25, 0.3) is 0 Å². The second-order valence-corrected chi connectivity index (χ2v) is 6.93. The van der Waals surface area contributed by atoms with Crippen LogP contribution in [0.15, 0.2) is 47.7 Å². The fourth-order valence-electron chi connectivity index (χ4n) is 3.44. The van der Waals surface area contributed by atoms with Gasteiger partial charge in [0.05, 0.1) is 26.4 Å². The van der Waals surface area contributed by atoms with Crippen LogP contribution in [0.4, 0.5) is 0 Å². The van der Waals surface area contributed by atoms with Gasteiger partial charge in [0.2, 0.25) is 0 Å². The molecule has 1 unspecified atom stereocenters. The van der Waals surface area contributed by atoms with Gasteiger partial charge in [-0.25, -0.2) is 0 Å². The van der Waals surface area contributed by atoms with Gasteiger partial charge in [-0.3, -0.25) is 9.89 Å². The summed E-state index contributed by atoms with van der Waals surface area (Å²) in [5.41, 5.74) is 2.49. The summed E-state index contributed by atoms with van der Waals surface area (Å²) in [6, 6.07) is 10.7. The lowest BCUT2D eigenvalue weighted by Crippen LogP contribution is -2.46. The van der Waals surface area contributed by atoms with Crippen molar-refractivity contribution in [3.05, 3.63) is 53.9 Å². The summed E-state index contributed by atoms with van der Waals surface area (Å²) in [5.74, 6) is 1.67. The molecule has 152 valence electrons. The zero-order chi connectivity index (χ0) is 19.8. The minimum absolute atomic E-state index is 0.241. The first kappa shape index (κ1) is 20.2. The Labute approximate surface area is 167 Å². The Kier molecular flexibility index (Phi) is 7.33. The minimum atomic E-state index is 0.241. The highest BCUT2D eigenvalue weighted by Crippen LogP contribution is 2.23. The highest BCUT2D eigenvalue weighted by molar-refractivity contribution is 5.79. The Morgan fingerprint density at radius 3 is 2.54 bits per heavy atom. The fraction of sp³-hybridized carbons (Fsp3) is 0.476. The molecule has 2 heterocycles. The molecular formula is C21H31N5O2. The molecule has 1 aliphatic heterocycles. The van der Waals surface area contributed by atoms with Gasteiger partial charge in [-0.1, -0.05) is 12.1 Å². The zero-order valence-corrected chi connectivity index (χ0v) is 17.0. The second-order valence-electron chi connectivity index (χ2n) is 6.93. The zero-order valence-electron chi connectivity index (χ0n) is 17.0. The molecule has 1 saturated heterocycles. The minimum Gasteiger partial charge on any atom is -0.497 e. The van der Waals surface area contributed by atoms with Gasteiger partial charge in [-0.05, 0) is 29.3 Å². The van der Waals surface area contributed by atoms with Crippen LogP contribution < -0.4 is 15.4 Å². The third-order valence-corrected chi connectivity index (χ3v) is 5.03. The van der Waals surface area contributed by atoms with Gasteiger partial charge < -0.3 is 24.7 Å². The number of morpholine rings is 1. The van der Waals surface area contributed by atoms with Crippen molar-refractivity contribution in [1.82, 2.24) is 20.1 Å². The molecule has 1 aromatic carbocycles. The van der Waals surface area contributed by atoms with E-state index in [0.717, 1.165) is 51.1 Å². The summed E-state index contributed by atoms with van der Waals surface area (Å²) in [6.45, 7) is 4.90. The van der Waals surface area contributed by atoms with Crippen LogP contribution in [-0.2, 0) is 18.3 Å². The number of ether oxygens (including phenoxy) is 2. The van der Waals surface area contributed by atoms with E-state index in [4.69, 9.17) is 9.47 Å². The van der Waals surface area contributed by atoms with Gasteiger partial charge in [-0.2, -0.15) is 0 Å². The predicted molar refractivity (Wildman–Crippen MR) is 112 cm³/mol. The van der Waals surface area contributed by atoms with Crippen LogP contribution in [0, 0.1) is 0 Å². The molecule has 0 bridgehead atoms. The Morgan fingerprint density at radius 1 is 1.18 bits per heavy atom. The lowest BCUT2D eigenvalue weighted by Gasteiger charge is -2.35. The molecule has 28 heavy (non-hydrogen) atoms. The molecule has 0 spiro atoms.